The summed E-state index contributed by atoms with van der Waals surface area (Å²) >= 11 is 0. The highest BCUT2D eigenvalue weighted by atomic mass is 16.5. The van der Waals surface area contributed by atoms with E-state index < -0.39 is 0 Å². The van der Waals surface area contributed by atoms with Gasteiger partial charge in [-0.3, -0.25) is 9.69 Å². The van der Waals surface area contributed by atoms with E-state index in [2.05, 4.69) is 11.2 Å². The molecule has 0 saturated heterocycles. The lowest BCUT2D eigenvalue weighted by molar-refractivity contribution is -0.121. The number of hydrogen-bond acceptors (Lipinski definition) is 4. The minimum atomic E-state index is -0.104. The van der Waals surface area contributed by atoms with Gasteiger partial charge in [-0.2, -0.15) is 0 Å². The molecular weight excluding hydrogens is 256 g/mol. The summed E-state index contributed by atoms with van der Waals surface area (Å²) in [6, 6.07) is 5.67. The maximum atomic E-state index is 11.6. The number of carbonyl (C=O) groups excluding carboxylic acids is 1. The highest BCUT2D eigenvalue weighted by molar-refractivity contribution is 5.78. The van der Waals surface area contributed by atoms with Crippen LogP contribution in [0.1, 0.15) is 5.56 Å². The molecule has 0 saturated carbocycles. The van der Waals surface area contributed by atoms with Crippen LogP contribution in [0.2, 0.25) is 0 Å². The van der Waals surface area contributed by atoms with Crippen molar-refractivity contribution in [2.75, 3.05) is 34.4 Å². The second-order valence-electron chi connectivity index (χ2n) is 4.31. The van der Waals surface area contributed by atoms with Crippen molar-refractivity contribution < 1.29 is 14.3 Å². The zero-order valence-corrected chi connectivity index (χ0v) is 12.1. The van der Waals surface area contributed by atoms with Crippen LogP contribution in [0.15, 0.2) is 18.2 Å². The van der Waals surface area contributed by atoms with E-state index in [1.807, 2.05) is 30.1 Å². The van der Waals surface area contributed by atoms with Crippen molar-refractivity contribution in [3.05, 3.63) is 23.8 Å². The Kier molecular flexibility index (Phi) is 6.41. The third kappa shape index (κ3) is 4.48. The molecule has 0 spiro atoms. The molecule has 1 N–H and O–H groups in total. The van der Waals surface area contributed by atoms with Crippen molar-refractivity contribution in [3.8, 4) is 23.8 Å². The number of ether oxygens (including phenoxy) is 2. The van der Waals surface area contributed by atoms with Crippen molar-refractivity contribution in [3.63, 3.8) is 0 Å². The number of rotatable bonds is 7. The van der Waals surface area contributed by atoms with E-state index in [1.54, 1.807) is 14.2 Å². The number of terminal acetylenes is 1. The summed E-state index contributed by atoms with van der Waals surface area (Å²) in [5, 5.41) is 2.63. The van der Waals surface area contributed by atoms with Gasteiger partial charge in [0.15, 0.2) is 11.5 Å². The molecule has 20 heavy (non-hydrogen) atoms. The van der Waals surface area contributed by atoms with Crippen molar-refractivity contribution in [1.82, 2.24) is 10.2 Å². The van der Waals surface area contributed by atoms with Crippen LogP contribution in [-0.2, 0) is 11.3 Å². The fourth-order valence-corrected chi connectivity index (χ4v) is 1.88. The quantitative estimate of drug-likeness (QED) is 0.751. The Balaban J connectivity index is 2.68. The fraction of sp³-hybridized carbons (Fsp3) is 0.400. The maximum Gasteiger partial charge on any atom is 0.234 e. The Labute approximate surface area is 119 Å². The van der Waals surface area contributed by atoms with E-state index in [0.29, 0.717) is 18.0 Å². The van der Waals surface area contributed by atoms with Gasteiger partial charge >= 0.3 is 0 Å². The van der Waals surface area contributed by atoms with Crippen molar-refractivity contribution in [2.24, 2.45) is 0 Å². The molecule has 0 aliphatic heterocycles. The summed E-state index contributed by atoms with van der Waals surface area (Å²) in [6.45, 7) is 1.08. The molecule has 0 unspecified atom stereocenters. The number of nitrogens with zero attached hydrogens (tertiary/aromatic N) is 1. The number of para-hydroxylation sites is 1. The summed E-state index contributed by atoms with van der Waals surface area (Å²) < 4.78 is 10.6. The number of hydrogen-bond donors (Lipinski definition) is 1. The van der Waals surface area contributed by atoms with E-state index in [4.69, 9.17) is 15.9 Å². The van der Waals surface area contributed by atoms with Gasteiger partial charge in [0.25, 0.3) is 0 Å². The van der Waals surface area contributed by atoms with Gasteiger partial charge in [0.05, 0.1) is 27.3 Å². The predicted octanol–water partition coefficient (Wildman–Crippen LogP) is 0.885. The second-order valence-corrected chi connectivity index (χ2v) is 4.31. The van der Waals surface area contributed by atoms with Gasteiger partial charge in [0.1, 0.15) is 0 Å². The number of likely N-dealkylation sites (N-methyl/N-ethyl adjacent to an activating group) is 1. The second kappa shape index (κ2) is 8.08. The van der Waals surface area contributed by atoms with Crippen molar-refractivity contribution in [2.45, 2.75) is 6.54 Å². The van der Waals surface area contributed by atoms with Gasteiger partial charge in [-0.15, -0.1) is 6.42 Å². The molecule has 0 aliphatic rings. The Bertz CT molecular complexity index is 494. The van der Waals surface area contributed by atoms with Crippen LogP contribution in [0.25, 0.3) is 0 Å². The molecule has 0 heterocycles. The highest BCUT2D eigenvalue weighted by Gasteiger charge is 2.12. The maximum absolute atomic E-state index is 11.6. The zero-order valence-electron chi connectivity index (χ0n) is 12.1. The number of nitrogens with one attached hydrogen (secondary N) is 1. The topological polar surface area (TPSA) is 50.8 Å². The smallest absolute Gasteiger partial charge is 0.234 e. The average Bonchev–Trinajstić information content (AvgIpc) is 2.44. The SMILES string of the molecule is C#CCNC(=O)CN(C)Cc1cccc(OC)c1OC. The van der Waals surface area contributed by atoms with Crippen LogP contribution in [0.4, 0.5) is 0 Å². The summed E-state index contributed by atoms with van der Waals surface area (Å²) in [7, 11) is 5.05. The standard InChI is InChI=1S/C15H20N2O3/c1-5-9-16-14(18)11-17(2)10-12-7-6-8-13(19-3)15(12)20-4/h1,6-8H,9-11H2,2-4H3,(H,16,18). The van der Waals surface area contributed by atoms with Gasteiger partial charge in [-0.1, -0.05) is 18.1 Å². The van der Waals surface area contributed by atoms with E-state index in [9.17, 15) is 4.79 Å². The van der Waals surface area contributed by atoms with E-state index >= 15 is 0 Å². The summed E-state index contributed by atoms with van der Waals surface area (Å²) in [6.07, 6.45) is 5.09. The van der Waals surface area contributed by atoms with Crippen LogP contribution in [0.3, 0.4) is 0 Å². The van der Waals surface area contributed by atoms with E-state index in [0.717, 1.165) is 5.56 Å². The Hall–Kier alpha value is -2.19. The normalized spacial score (nSPS) is 9.95. The van der Waals surface area contributed by atoms with E-state index in [-0.39, 0.29) is 19.0 Å². The predicted molar refractivity (Wildman–Crippen MR) is 77.7 cm³/mol. The number of amides is 1. The first kappa shape index (κ1) is 15.9. The molecule has 0 aromatic heterocycles. The Morgan fingerprint density at radius 2 is 2.15 bits per heavy atom. The van der Waals surface area contributed by atoms with Crippen LogP contribution >= 0.6 is 0 Å². The van der Waals surface area contributed by atoms with Gasteiger partial charge in [-0.05, 0) is 13.1 Å². The first-order chi connectivity index (χ1) is 9.62. The number of carbonyl (C=O) groups is 1. The largest absolute Gasteiger partial charge is 0.493 e. The first-order valence-corrected chi connectivity index (χ1v) is 6.21. The van der Waals surface area contributed by atoms with Gasteiger partial charge in [0, 0.05) is 12.1 Å². The molecule has 0 aliphatic carbocycles. The van der Waals surface area contributed by atoms with Crippen LogP contribution < -0.4 is 14.8 Å². The molecule has 5 heteroatoms. The summed E-state index contributed by atoms with van der Waals surface area (Å²) in [5.74, 6) is 3.63. The lowest BCUT2D eigenvalue weighted by atomic mass is 10.1. The Morgan fingerprint density at radius 3 is 2.75 bits per heavy atom. The van der Waals surface area contributed by atoms with Crippen LogP contribution in [0, 0.1) is 12.3 Å². The summed E-state index contributed by atoms with van der Waals surface area (Å²) in [5.41, 5.74) is 0.957. The molecule has 1 aromatic carbocycles. The third-order valence-corrected chi connectivity index (χ3v) is 2.73. The van der Waals surface area contributed by atoms with Gasteiger partial charge in [-0.25, -0.2) is 0 Å². The van der Waals surface area contributed by atoms with Crippen LogP contribution in [-0.4, -0.2) is 45.2 Å². The van der Waals surface area contributed by atoms with Crippen molar-refractivity contribution >= 4 is 5.91 Å². The molecular formula is C15H20N2O3. The molecule has 108 valence electrons. The molecule has 0 atom stereocenters. The third-order valence-electron chi connectivity index (χ3n) is 2.73. The Morgan fingerprint density at radius 1 is 1.40 bits per heavy atom. The summed E-state index contributed by atoms with van der Waals surface area (Å²) in [4.78, 5) is 13.5. The van der Waals surface area contributed by atoms with E-state index in [1.165, 1.54) is 0 Å². The number of methoxy groups -OCH3 is 2. The monoisotopic (exact) mass is 276 g/mol. The first-order valence-electron chi connectivity index (χ1n) is 6.21. The molecule has 1 amide bonds. The molecule has 0 fully saturated rings. The number of benzene rings is 1. The average molecular weight is 276 g/mol. The molecule has 0 bridgehead atoms. The molecule has 1 aromatic rings. The van der Waals surface area contributed by atoms with Gasteiger partial charge < -0.3 is 14.8 Å². The minimum Gasteiger partial charge on any atom is -0.493 e. The lowest BCUT2D eigenvalue weighted by Crippen LogP contribution is -2.35. The lowest BCUT2D eigenvalue weighted by Gasteiger charge is -2.19. The molecule has 1 rings (SSSR count). The zero-order chi connectivity index (χ0) is 15.0. The van der Waals surface area contributed by atoms with Crippen molar-refractivity contribution in [1.29, 1.82) is 0 Å². The fourth-order valence-electron chi connectivity index (χ4n) is 1.88. The van der Waals surface area contributed by atoms with Gasteiger partial charge in [0.2, 0.25) is 5.91 Å². The van der Waals surface area contributed by atoms with Crippen LogP contribution in [0.5, 0.6) is 11.5 Å². The minimum absolute atomic E-state index is 0.104. The molecule has 0 radical (unpaired) electrons. The highest BCUT2D eigenvalue weighted by Crippen LogP contribution is 2.31. The molecule has 5 nitrogen and oxygen atoms in total.